The van der Waals surface area contributed by atoms with Gasteiger partial charge >= 0.3 is 0 Å². The van der Waals surface area contributed by atoms with Crippen molar-refractivity contribution in [2.24, 2.45) is 0 Å². The number of hydrogen-bond acceptors (Lipinski definition) is 2. The van der Waals surface area contributed by atoms with E-state index in [0.717, 1.165) is 17.9 Å². The van der Waals surface area contributed by atoms with Gasteiger partial charge in [0.1, 0.15) is 5.75 Å². The van der Waals surface area contributed by atoms with Crippen molar-refractivity contribution in [3.63, 3.8) is 0 Å². The van der Waals surface area contributed by atoms with Crippen LogP contribution in [-0.2, 0) is 6.54 Å². The van der Waals surface area contributed by atoms with Crippen molar-refractivity contribution < 1.29 is 4.74 Å². The van der Waals surface area contributed by atoms with Crippen molar-refractivity contribution in [1.29, 1.82) is 0 Å². The molecule has 0 atom stereocenters. The van der Waals surface area contributed by atoms with E-state index in [9.17, 15) is 0 Å². The molecule has 0 saturated heterocycles. The number of nitrogens with one attached hydrogen (secondary N) is 1. The van der Waals surface area contributed by atoms with Crippen molar-refractivity contribution in [2.45, 2.75) is 58.0 Å². The molecule has 112 valence electrons. The first-order valence-corrected chi connectivity index (χ1v) is 8.30. The molecule has 1 saturated carbocycles. The molecule has 1 N–H and O–H groups in total. The van der Waals surface area contributed by atoms with Gasteiger partial charge in [0, 0.05) is 23.2 Å². The Hall–Kier alpha value is -0.440. The van der Waals surface area contributed by atoms with Crippen molar-refractivity contribution in [3.05, 3.63) is 27.7 Å². The summed E-state index contributed by atoms with van der Waals surface area (Å²) in [7, 11) is 0. The molecule has 0 heterocycles. The van der Waals surface area contributed by atoms with Crippen molar-refractivity contribution in [1.82, 2.24) is 5.32 Å². The molecule has 0 bridgehead atoms. The van der Waals surface area contributed by atoms with E-state index in [1.54, 1.807) is 6.07 Å². The fourth-order valence-electron chi connectivity index (χ4n) is 2.79. The predicted molar refractivity (Wildman–Crippen MR) is 86.0 cm³/mol. The third-order valence-corrected chi connectivity index (χ3v) is 4.31. The Kier molecular flexibility index (Phi) is 6.47. The molecule has 0 unspecified atom stereocenters. The van der Waals surface area contributed by atoms with Crippen LogP contribution in [-0.4, -0.2) is 12.6 Å². The van der Waals surface area contributed by atoms with Crippen LogP contribution in [0.15, 0.2) is 12.1 Å². The fourth-order valence-corrected chi connectivity index (χ4v) is 3.38. The molecule has 1 aromatic carbocycles. The predicted octanol–water partition coefficient (Wildman–Crippen LogP) is 5.20. The van der Waals surface area contributed by atoms with Crippen molar-refractivity contribution >= 4 is 23.2 Å². The van der Waals surface area contributed by atoms with E-state index in [1.807, 2.05) is 13.0 Å². The van der Waals surface area contributed by atoms with E-state index in [4.69, 9.17) is 27.9 Å². The minimum atomic E-state index is 0.594. The molecule has 0 radical (unpaired) electrons. The SMILES string of the molecule is CCOc1c(Cl)cc(Cl)cc1CNC1CCCCCC1. The molecule has 2 nitrogen and oxygen atoms in total. The minimum absolute atomic E-state index is 0.594. The Morgan fingerprint density at radius 3 is 2.50 bits per heavy atom. The number of rotatable bonds is 5. The fraction of sp³-hybridized carbons (Fsp3) is 0.625. The van der Waals surface area contributed by atoms with E-state index in [-0.39, 0.29) is 0 Å². The molecular weight excluding hydrogens is 293 g/mol. The Morgan fingerprint density at radius 2 is 1.85 bits per heavy atom. The van der Waals surface area contributed by atoms with E-state index in [0.29, 0.717) is 22.7 Å². The molecule has 1 fully saturated rings. The normalized spacial score (nSPS) is 16.9. The first-order valence-electron chi connectivity index (χ1n) is 7.54. The maximum atomic E-state index is 6.22. The topological polar surface area (TPSA) is 21.3 Å². The summed E-state index contributed by atoms with van der Waals surface area (Å²) in [5.74, 6) is 0.764. The van der Waals surface area contributed by atoms with Gasteiger partial charge in [-0.1, -0.05) is 48.9 Å². The second-order valence-corrected chi connectivity index (χ2v) is 6.22. The lowest BCUT2D eigenvalue weighted by Gasteiger charge is -2.18. The van der Waals surface area contributed by atoms with Crippen LogP contribution >= 0.6 is 23.2 Å². The maximum absolute atomic E-state index is 6.22. The lowest BCUT2D eigenvalue weighted by molar-refractivity contribution is 0.334. The van der Waals surface area contributed by atoms with Gasteiger partial charge in [-0.3, -0.25) is 0 Å². The van der Waals surface area contributed by atoms with Crippen LogP contribution in [0.5, 0.6) is 5.75 Å². The summed E-state index contributed by atoms with van der Waals surface area (Å²) >= 11 is 12.3. The number of ether oxygens (including phenoxy) is 1. The number of halogens is 2. The van der Waals surface area contributed by atoms with Crippen LogP contribution in [0.2, 0.25) is 10.0 Å². The molecule has 1 aromatic rings. The van der Waals surface area contributed by atoms with Crippen LogP contribution in [0.4, 0.5) is 0 Å². The largest absolute Gasteiger partial charge is 0.492 e. The third-order valence-electron chi connectivity index (χ3n) is 3.81. The molecule has 2 rings (SSSR count). The Labute approximate surface area is 131 Å². The Balaban J connectivity index is 2.03. The highest BCUT2D eigenvalue weighted by Gasteiger charge is 2.14. The summed E-state index contributed by atoms with van der Waals surface area (Å²) in [6, 6.07) is 4.29. The van der Waals surface area contributed by atoms with Gasteiger partial charge in [-0.15, -0.1) is 0 Å². The molecular formula is C16H23Cl2NO. The van der Waals surface area contributed by atoms with Gasteiger partial charge in [-0.05, 0) is 31.9 Å². The molecule has 20 heavy (non-hydrogen) atoms. The quantitative estimate of drug-likeness (QED) is 0.753. The summed E-state index contributed by atoms with van der Waals surface area (Å²) in [5, 5.41) is 4.89. The Bertz CT molecular complexity index is 429. The Morgan fingerprint density at radius 1 is 1.15 bits per heavy atom. The van der Waals surface area contributed by atoms with E-state index in [2.05, 4.69) is 5.32 Å². The highest BCUT2D eigenvalue weighted by atomic mass is 35.5. The first-order chi connectivity index (χ1) is 9.70. The smallest absolute Gasteiger partial charge is 0.142 e. The van der Waals surface area contributed by atoms with Gasteiger partial charge < -0.3 is 10.1 Å². The van der Waals surface area contributed by atoms with Crippen LogP contribution < -0.4 is 10.1 Å². The van der Waals surface area contributed by atoms with Gasteiger partial charge in [-0.25, -0.2) is 0 Å². The molecule has 0 aromatic heterocycles. The van der Waals surface area contributed by atoms with E-state index >= 15 is 0 Å². The zero-order valence-electron chi connectivity index (χ0n) is 12.1. The summed E-state index contributed by atoms with van der Waals surface area (Å²) in [6.45, 7) is 3.34. The average Bonchev–Trinajstić information content (AvgIpc) is 2.68. The zero-order valence-corrected chi connectivity index (χ0v) is 13.6. The lowest BCUT2D eigenvalue weighted by atomic mass is 10.1. The average molecular weight is 316 g/mol. The van der Waals surface area contributed by atoms with Gasteiger partial charge in [0.2, 0.25) is 0 Å². The van der Waals surface area contributed by atoms with Gasteiger partial charge in [-0.2, -0.15) is 0 Å². The minimum Gasteiger partial charge on any atom is -0.492 e. The first kappa shape index (κ1) is 15.9. The van der Waals surface area contributed by atoms with Gasteiger partial charge in [0.25, 0.3) is 0 Å². The van der Waals surface area contributed by atoms with Gasteiger partial charge in [0.05, 0.1) is 11.6 Å². The lowest BCUT2D eigenvalue weighted by Crippen LogP contribution is -2.28. The van der Waals surface area contributed by atoms with Crippen molar-refractivity contribution in [3.8, 4) is 5.75 Å². The number of hydrogen-bond donors (Lipinski definition) is 1. The maximum Gasteiger partial charge on any atom is 0.142 e. The second-order valence-electron chi connectivity index (χ2n) is 5.38. The van der Waals surface area contributed by atoms with Crippen LogP contribution in [0, 0.1) is 0 Å². The van der Waals surface area contributed by atoms with Crippen LogP contribution in [0.25, 0.3) is 0 Å². The molecule has 0 amide bonds. The molecule has 4 heteroatoms. The number of benzene rings is 1. The highest BCUT2D eigenvalue weighted by molar-refractivity contribution is 6.35. The third kappa shape index (κ3) is 4.54. The summed E-state index contributed by atoms with van der Waals surface area (Å²) in [4.78, 5) is 0. The van der Waals surface area contributed by atoms with Crippen LogP contribution in [0.3, 0.4) is 0 Å². The second kappa shape index (κ2) is 8.11. The van der Waals surface area contributed by atoms with Crippen LogP contribution in [0.1, 0.15) is 51.0 Å². The molecule has 0 aliphatic heterocycles. The summed E-state index contributed by atoms with van der Waals surface area (Å²) in [6.07, 6.45) is 7.91. The molecule has 0 spiro atoms. The highest BCUT2D eigenvalue weighted by Crippen LogP contribution is 2.32. The van der Waals surface area contributed by atoms with E-state index < -0.39 is 0 Å². The molecule has 1 aliphatic rings. The standard InChI is InChI=1S/C16H23Cl2NO/c1-2-20-16-12(9-13(17)10-15(16)18)11-19-14-7-5-3-4-6-8-14/h9-10,14,19H,2-8,11H2,1H3. The van der Waals surface area contributed by atoms with Crippen molar-refractivity contribution in [2.75, 3.05) is 6.61 Å². The van der Waals surface area contributed by atoms with Gasteiger partial charge in [0.15, 0.2) is 0 Å². The van der Waals surface area contributed by atoms with E-state index in [1.165, 1.54) is 38.5 Å². The zero-order chi connectivity index (χ0) is 14.4. The summed E-state index contributed by atoms with van der Waals surface area (Å²) in [5.41, 5.74) is 1.05. The molecule has 1 aliphatic carbocycles. The monoisotopic (exact) mass is 315 g/mol. The summed E-state index contributed by atoms with van der Waals surface area (Å²) < 4.78 is 5.66.